The van der Waals surface area contributed by atoms with Crippen LogP contribution in [0.1, 0.15) is 24.1 Å². The van der Waals surface area contributed by atoms with Crippen molar-refractivity contribution in [2.75, 3.05) is 11.9 Å². The van der Waals surface area contributed by atoms with Gasteiger partial charge in [0.2, 0.25) is 0 Å². The molecule has 0 aliphatic carbocycles. The molecule has 2 aromatic rings. The highest BCUT2D eigenvalue weighted by atomic mass is 79.9. The molecule has 0 aliphatic rings. The van der Waals surface area contributed by atoms with Crippen molar-refractivity contribution in [1.82, 2.24) is 0 Å². The van der Waals surface area contributed by atoms with Gasteiger partial charge in [-0.2, -0.15) is 0 Å². The van der Waals surface area contributed by atoms with Gasteiger partial charge in [0.25, 0.3) is 5.91 Å². The Morgan fingerprint density at radius 3 is 2.65 bits per heavy atom. The average Bonchev–Trinajstić information content (AvgIpc) is 2.48. The summed E-state index contributed by atoms with van der Waals surface area (Å²) in [5, 5.41) is 6.05. The minimum absolute atomic E-state index is 0.0620. The summed E-state index contributed by atoms with van der Waals surface area (Å²) in [6.45, 7) is 4.31. The molecule has 3 N–H and O–H groups in total. The third-order valence-corrected chi connectivity index (χ3v) is 4.73. The molecule has 2 aromatic carbocycles. The first-order valence-corrected chi connectivity index (χ1v) is 8.76. The van der Waals surface area contributed by atoms with Gasteiger partial charge in [0.05, 0.1) is 10.7 Å². The number of benzene rings is 2. The number of halogens is 3. The second-order valence-corrected chi connectivity index (χ2v) is 7.12. The Hall–Kier alpha value is -1.07. The smallest absolute Gasteiger partial charge is 0.279 e. The molecule has 122 valence electrons. The highest BCUT2D eigenvalue weighted by molar-refractivity contribution is 9.10. The minimum Gasteiger partial charge on any atom is -0.332 e. The van der Waals surface area contributed by atoms with Crippen molar-refractivity contribution in [3.63, 3.8) is 0 Å². The highest BCUT2D eigenvalue weighted by Gasteiger charge is 2.15. The number of carbonyl (C=O) groups is 1. The number of quaternary nitrogens is 1. The summed E-state index contributed by atoms with van der Waals surface area (Å²) in [6, 6.07) is 11.3. The molecule has 0 fully saturated rings. The van der Waals surface area contributed by atoms with Crippen LogP contribution in [0.4, 0.5) is 5.69 Å². The zero-order valence-electron chi connectivity index (χ0n) is 12.9. The number of aryl methyl sites for hydroxylation is 1. The molecule has 6 heteroatoms. The Balaban J connectivity index is 1.93. The fourth-order valence-electron chi connectivity index (χ4n) is 2.20. The van der Waals surface area contributed by atoms with Gasteiger partial charge < -0.3 is 10.6 Å². The van der Waals surface area contributed by atoms with E-state index < -0.39 is 0 Å². The quantitative estimate of drug-likeness (QED) is 0.748. The summed E-state index contributed by atoms with van der Waals surface area (Å²) in [5.74, 6) is -0.0634. The Morgan fingerprint density at radius 1 is 1.26 bits per heavy atom. The van der Waals surface area contributed by atoms with Crippen molar-refractivity contribution < 1.29 is 10.1 Å². The number of nitrogens with two attached hydrogens (primary N) is 1. The van der Waals surface area contributed by atoms with E-state index in [2.05, 4.69) is 21.2 Å². The maximum absolute atomic E-state index is 12.1. The summed E-state index contributed by atoms with van der Waals surface area (Å²) in [6.07, 6.45) is 0. The highest BCUT2D eigenvalue weighted by Crippen LogP contribution is 2.25. The average molecular weight is 417 g/mol. The summed E-state index contributed by atoms with van der Waals surface area (Å²) in [7, 11) is 0. The largest absolute Gasteiger partial charge is 0.332 e. The first kappa shape index (κ1) is 18.3. The second kappa shape index (κ2) is 8.15. The SMILES string of the molecule is Cc1ccc(NC(=O)C[NH2+][C@H](C)c2ccc(Cl)cc2Cl)c(Br)c1. The van der Waals surface area contributed by atoms with E-state index in [0.29, 0.717) is 16.6 Å². The summed E-state index contributed by atoms with van der Waals surface area (Å²) in [4.78, 5) is 12.1. The normalized spacial score (nSPS) is 12.0. The van der Waals surface area contributed by atoms with E-state index >= 15 is 0 Å². The number of nitrogens with one attached hydrogen (secondary N) is 1. The van der Waals surface area contributed by atoms with Crippen LogP contribution in [0.2, 0.25) is 10.0 Å². The molecule has 0 unspecified atom stereocenters. The van der Waals surface area contributed by atoms with E-state index in [0.717, 1.165) is 21.3 Å². The number of hydrogen-bond donors (Lipinski definition) is 2. The fraction of sp³-hybridized carbons (Fsp3) is 0.235. The molecule has 0 heterocycles. The van der Waals surface area contributed by atoms with Crippen molar-refractivity contribution in [2.45, 2.75) is 19.9 Å². The zero-order valence-corrected chi connectivity index (χ0v) is 16.0. The van der Waals surface area contributed by atoms with Gasteiger partial charge >= 0.3 is 0 Å². The Morgan fingerprint density at radius 2 is 2.00 bits per heavy atom. The number of carbonyl (C=O) groups excluding carboxylic acids is 1. The van der Waals surface area contributed by atoms with Crippen LogP contribution in [0.15, 0.2) is 40.9 Å². The van der Waals surface area contributed by atoms with Gasteiger partial charge in [-0.3, -0.25) is 4.79 Å². The summed E-state index contributed by atoms with van der Waals surface area (Å²) >= 11 is 15.5. The van der Waals surface area contributed by atoms with E-state index in [4.69, 9.17) is 23.2 Å². The van der Waals surface area contributed by atoms with Gasteiger partial charge in [-0.1, -0.05) is 35.3 Å². The third-order valence-electron chi connectivity index (χ3n) is 3.51. The molecule has 0 aliphatic heterocycles. The van der Waals surface area contributed by atoms with Crippen molar-refractivity contribution in [1.29, 1.82) is 0 Å². The topological polar surface area (TPSA) is 45.7 Å². The van der Waals surface area contributed by atoms with Gasteiger partial charge in [0, 0.05) is 15.1 Å². The molecular formula is C17H18BrCl2N2O+. The number of anilines is 1. The predicted octanol–water partition coefficient (Wildman–Crippen LogP) is 4.33. The number of hydrogen-bond acceptors (Lipinski definition) is 1. The molecule has 2 rings (SSSR count). The van der Waals surface area contributed by atoms with Crippen LogP contribution >= 0.6 is 39.1 Å². The Bertz CT molecular complexity index is 722. The third kappa shape index (κ3) is 5.21. The lowest BCUT2D eigenvalue weighted by Gasteiger charge is -2.13. The zero-order chi connectivity index (χ0) is 17.0. The van der Waals surface area contributed by atoms with Crippen molar-refractivity contribution in [3.05, 3.63) is 62.0 Å². The van der Waals surface area contributed by atoms with E-state index in [1.165, 1.54) is 0 Å². The van der Waals surface area contributed by atoms with Gasteiger partial charge in [0.1, 0.15) is 6.04 Å². The van der Waals surface area contributed by atoms with Crippen molar-refractivity contribution in [2.24, 2.45) is 0 Å². The minimum atomic E-state index is -0.0634. The molecule has 0 spiro atoms. The van der Waals surface area contributed by atoms with Crippen LogP contribution in [0.5, 0.6) is 0 Å². The predicted molar refractivity (Wildman–Crippen MR) is 99.2 cm³/mol. The molecule has 0 saturated heterocycles. The van der Waals surface area contributed by atoms with Crippen LogP contribution in [-0.2, 0) is 4.79 Å². The summed E-state index contributed by atoms with van der Waals surface area (Å²) < 4.78 is 0.875. The van der Waals surface area contributed by atoms with E-state index in [9.17, 15) is 4.79 Å². The molecule has 23 heavy (non-hydrogen) atoms. The van der Waals surface area contributed by atoms with Crippen molar-refractivity contribution >= 4 is 50.7 Å². The maximum Gasteiger partial charge on any atom is 0.279 e. The van der Waals surface area contributed by atoms with Crippen LogP contribution in [0.3, 0.4) is 0 Å². The van der Waals surface area contributed by atoms with Gasteiger partial charge in [-0.25, -0.2) is 0 Å². The molecule has 3 nitrogen and oxygen atoms in total. The molecule has 1 amide bonds. The first-order valence-electron chi connectivity index (χ1n) is 7.21. The number of amides is 1. The van der Waals surface area contributed by atoms with Crippen LogP contribution in [-0.4, -0.2) is 12.5 Å². The van der Waals surface area contributed by atoms with E-state index in [1.807, 2.05) is 43.4 Å². The first-order chi connectivity index (χ1) is 10.9. The van der Waals surface area contributed by atoms with Crippen LogP contribution < -0.4 is 10.6 Å². The molecule has 0 radical (unpaired) electrons. The monoisotopic (exact) mass is 415 g/mol. The van der Waals surface area contributed by atoms with Crippen LogP contribution in [0, 0.1) is 6.92 Å². The van der Waals surface area contributed by atoms with Gasteiger partial charge in [-0.15, -0.1) is 0 Å². The Labute approximate surface area is 154 Å². The molecular weight excluding hydrogens is 399 g/mol. The van der Waals surface area contributed by atoms with Crippen molar-refractivity contribution in [3.8, 4) is 0 Å². The lowest BCUT2D eigenvalue weighted by Crippen LogP contribution is -2.86. The molecule has 1 atom stereocenters. The standard InChI is InChI=1S/C17H17BrCl2N2O/c1-10-3-6-16(14(18)7-10)22-17(23)9-21-11(2)13-5-4-12(19)8-15(13)20/h3-8,11,21H,9H2,1-2H3,(H,22,23)/p+1/t11-/m1/s1. The van der Waals surface area contributed by atoms with Gasteiger partial charge in [-0.05, 0) is 59.6 Å². The molecule has 0 bridgehead atoms. The second-order valence-electron chi connectivity index (χ2n) is 5.43. The molecule has 0 saturated carbocycles. The maximum atomic E-state index is 12.1. The fourth-order valence-corrected chi connectivity index (χ4v) is 3.38. The lowest BCUT2D eigenvalue weighted by atomic mass is 10.1. The molecule has 0 aromatic heterocycles. The van der Waals surface area contributed by atoms with E-state index in [-0.39, 0.29) is 11.9 Å². The number of rotatable bonds is 5. The van der Waals surface area contributed by atoms with Crippen LogP contribution in [0.25, 0.3) is 0 Å². The van der Waals surface area contributed by atoms with E-state index in [1.54, 1.807) is 12.1 Å². The lowest BCUT2D eigenvalue weighted by molar-refractivity contribution is -0.682. The summed E-state index contributed by atoms with van der Waals surface area (Å²) in [5.41, 5.74) is 2.86. The van der Waals surface area contributed by atoms with Gasteiger partial charge in [0.15, 0.2) is 6.54 Å². The Kier molecular flexibility index (Phi) is 6.48.